The fourth-order valence-corrected chi connectivity index (χ4v) is 5.61. The maximum Gasteiger partial charge on any atom is 0.303 e. The second-order valence-corrected chi connectivity index (χ2v) is 9.51. The summed E-state index contributed by atoms with van der Waals surface area (Å²) in [6.45, 7) is 5.26. The van der Waals surface area contributed by atoms with E-state index in [-0.39, 0.29) is 17.3 Å². The minimum atomic E-state index is -1.10. The molecule has 4 rings (SSSR count). The van der Waals surface area contributed by atoms with Crippen LogP contribution >= 0.6 is 11.8 Å². The average Bonchev–Trinajstić information content (AvgIpc) is 3.16. The molecule has 0 aliphatic carbocycles. The number of carbonyl (C=O) groups is 3. The first-order valence-electron chi connectivity index (χ1n) is 11.0. The Morgan fingerprint density at radius 1 is 1.08 bits per heavy atom. The van der Waals surface area contributed by atoms with Crippen LogP contribution in [-0.4, -0.2) is 57.6 Å². The highest BCUT2D eigenvalue weighted by Gasteiger charge is 2.55. The SMILES string of the molecule is CC(=O)OC[C@H]1O[C@@H]2[C@@H](Sc3nc(=O)c(C#N)c(-c4ccc(C)cc4)n32)[C@@H](OC(C)=O)[C@@H]1OC(C)=O. The third-order valence-corrected chi connectivity index (χ3v) is 6.96. The molecule has 0 saturated carbocycles. The summed E-state index contributed by atoms with van der Waals surface area (Å²) in [6.07, 6.45) is -4.02. The van der Waals surface area contributed by atoms with Crippen molar-refractivity contribution in [2.75, 3.05) is 6.61 Å². The van der Waals surface area contributed by atoms with Crippen molar-refractivity contribution in [3.63, 3.8) is 0 Å². The molecular weight excluding hydrogens is 490 g/mol. The fraction of sp³-hybridized carbons (Fsp3) is 0.417. The van der Waals surface area contributed by atoms with E-state index < -0.39 is 53.3 Å². The van der Waals surface area contributed by atoms with Gasteiger partial charge in [0.25, 0.3) is 5.56 Å². The van der Waals surface area contributed by atoms with E-state index in [1.807, 2.05) is 25.1 Å². The van der Waals surface area contributed by atoms with E-state index in [0.717, 1.165) is 17.3 Å². The van der Waals surface area contributed by atoms with Crippen LogP contribution < -0.4 is 5.56 Å². The van der Waals surface area contributed by atoms with Gasteiger partial charge in [0.15, 0.2) is 23.6 Å². The molecule has 2 aliphatic heterocycles. The third-order valence-electron chi connectivity index (χ3n) is 5.69. The smallest absolute Gasteiger partial charge is 0.303 e. The fourth-order valence-electron chi connectivity index (χ4n) is 4.27. The summed E-state index contributed by atoms with van der Waals surface area (Å²) in [5.74, 6) is -1.85. The molecule has 11 nitrogen and oxygen atoms in total. The average molecular weight is 514 g/mol. The van der Waals surface area contributed by atoms with E-state index in [2.05, 4.69) is 4.98 Å². The number of hydrogen-bond acceptors (Lipinski definition) is 11. The molecule has 1 aromatic heterocycles. The molecule has 0 spiro atoms. The quantitative estimate of drug-likeness (QED) is 0.328. The number of nitrogens with zero attached hydrogens (tertiary/aromatic N) is 3. The van der Waals surface area contributed by atoms with Crippen molar-refractivity contribution >= 4 is 29.7 Å². The van der Waals surface area contributed by atoms with Crippen molar-refractivity contribution in [1.82, 2.24) is 9.55 Å². The Bertz CT molecular complexity index is 1320. The molecule has 3 heterocycles. The minimum absolute atomic E-state index is 0.171. The molecule has 1 saturated heterocycles. The molecule has 0 radical (unpaired) electrons. The number of aryl methyl sites for hydroxylation is 1. The summed E-state index contributed by atoms with van der Waals surface area (Å²) in [5, 5.41) is 9.38. The van der Waals surface area contributed by atoms with Gasteiger partial charge in [0.05, 0.1) is 10.9 Å². The summed E-state index contributed by atoms with van der Waals surface area (Å²) >= 11 is 1.11. The van der Waals surface area contributed by atoms with Crippen LogP contribution in [0.1, 0.15) is 38.1 Å². The predicted molar refractivity (Wildman–Crippen MR) is 125 cm³/mol. The lowest BCUT2D eigenvalue weighted by atomic mass is 9.98. The van der Waals surface area contributed by atoms with E-state index >= 15 is 0 Å². The normalized spacial score (nSPS) is 24.1. The molecule has 188 valence electrons. The Morgan fingerprint density at radius 2 is 1.72 bits per heavy atom. The first kappa shape index (κ1) is 25.4. The van der Waals surface area contributed by atoms with E-state index in [1.165, 1.54) is 20.8 Å². The molecule has 0 unspecified atom stereocenters. The highest BCUT2D eigenvalue weighted by Crippen LogP contribution is 2.49. The zero-order valence-corrected chi connectivity index (χ0v) is 20.7. The summed E-state index contributed by atoms with van der Waals surface area (Å²) in [7, 11) is 0. The van der Waals surface area contributed by atoms with Gasteiger partial charge < -0.3 is 18.9 Å². The van der Waals surface area contributed by atoms with Crippen LogP contribution in [0, 0.1) is 18.3 Å². The maximum absolute atomic E-state index is 12.8. The number of fused-ring (bicyclic) bond motifs is 3. The van der Waals surface area contributed by atoms with Crippen LogP contribution in [0.4, 0.5) is 0 Å². The number of nitriles is 1. The largest absolute Gasteiger partial charge is 0.463 e. The number of rotatable bonds is 5. The van der Waals surface area contributed by atoms with Crippen LogP contribution in [0.5, 0.6) is 0 Å². The van der Waals surface area contributed by atoms with E-state index in [1.54, 1.807) is 16.7 Å². The number of aromatic nitrogens is 2. The number of benzene rings is 1. The molecule has 0 bridgehead atoms. The molecule has 12 heteroatoms. The second kappa shape index (κ2) is 10.1. The summed E-state index contributed by atoms with van der Waals surface area (Å²) in [4.78, 5) is 52.3. The number of hydrogen-bond donors (Lipinski definition) is 0. The molecule has 5 atom stereocenters. The van der Waals surface area contributed by atoms with E-state index in [4.69, 9.17) is 18.9 Å². The Labute approximate surface area is 210 Å². The number of ether oxygens (including phenoxy) is 4. The van der Waals surface area contributed by atoms with Gasteiger partial charge in [-0.3, -0.25) is 23.7 Å². The van der Waals surface area contributed by atoms with Gasteiger partial charge in [0, 0.05) is 20.8 Å². The number of carbonyl (C=O) groups excluding carboxylic acids is 3. The van der Waals surface area contributed by atoms with Crippen molar-refractivity contribution in [2.24, 2.45) is 0 Å². The Balaban J connectivity index is 1.88. The van der Waals surface area contributed by atoms with Crippen molar-refractivity contribution in [3.8, 4) is 17.3 Å². The first-order valence-corrected chi connectivity index (χ1v) is 11.9. The molecule has 0 amide bonds. The van der Waals surface area contributed by atoms with Crippen LogP contribution in [0.3, 0.4) is 0 Å². The topological polar surface area (TPSA) is 147 Å². The molecule has 1 aromatic carbocycles. The lowest BCUT2D eigenvalue weighted by Crippen LogP contribution is -2.57. The van der Waals surface area contributed by atoms with Gasteiger partial charge in [-0.1, -0.05) is 41.6 Å². The van der Waals surface area contributed by atoms with Crippen LogP contribution in [0.25, 0.3) is 11.3 Å². The highest BCUT2D eigenvalue weighted by molar-refractivity contribution is 8.00. The van der Waals surface area contributed by atoms with E-state index in [9.17, 15) is 24.4 Å². The summed E-state index contributed by atoms with van der Waals surface area (Å²) in [6, 6.07) is 9.19. The molecule has 2 aliphatic rings. The van der Waals surface area contributed by atoms with Crippen molar-refractivity contribution < 1.29 is 33.3 Å². The van der Waals surface area contributed by atoms with Gasteiger partial charge in [0.1, 0.15) is 24.3 Å². The number of thioether (sulfide) groups is 1. The van der Waals surface area contributed by atoms with Gasteiger partial charge in [-0.15, -0.1) is 0 Å². The Kier molecular flexibility index (Phi) is 7.14. The lowest BCUT2D eigenvalue weighted by molar-refractivity contribution is -0.223. The van der Waals surface area contributed by atoms with Gasteiger partial charge in [0.2, 0.25) is 0 Å². The second-order valence-electron chi connectivity index (χ2n) is 8.37. The lowest BCUT2D eigenvalue weighted by Gasteiger charge is -2.42. The van der Waals surface area contributed by atoms with Gasteiger partial charge in [-0.05, 0) is 12.5 Å². The molecule has 36 heavy (non-hydrogen) atoms. The van der Waals surface area contributed by atoms with Crippen molar-refractivity contribution in [2.45, 2.75) is 62.6 Å². The van der Waals surface area contributed by atoms with Gasteiger partial charge >= 0.3 is 17.9 Å². The monoisotopic (exact) mass is 513 g/mol. The standard InChI is InChI=1S/C24H23N3O8S/c1-11-5-7-15(8-6-11)18-16(9-25)22(31)26-24-27(18)23-21(36-24)20(34-14(4)30)19(33-13(3)29)17(35-23)10-32-12(2)28/h5-8,17,19-21,23H,10H2,1-4H3/t17-,19-,20+,21+,23-/m1/s1. The minimum Gasteiger partial charge on any atom is -0.463 e. The third kappa shape index (κ3) is 4.84. The molecule has 1 fully saturated rings. The van der Waals surface area contributed by atoms with Crippen LogP contribution in [0.15, 0.2) is 34.2 Å². The Morgan fingerprint density at radius 3 is 2.31 bits per heavy atom. The van der Waals surface area contributed by atoms with Crippen LogP contribution in [-0.2, 0) is 33.3 Å². The molecule has 0 N–H and O–H groups in total. The van der Waals surface area contributed by atoms with Gasteiger partial charge in [-0.25, -0.2) is 0 Å². The van der Waals surface area contributed by atoms with E-state index in [0.29, 0.717) is 11.3 Å². The summed E-state index contributed by atoms with van der Waals surface area (Å²) < 4.78 is 24.1. The molecular formula is C24H23N3O8S. The van der Waals surface area contributed by atoms with Crippen LogP contribution in [0.2, 0.25) is 0 Å². The zero-order chi connectivity index (χ0) is 26.1. The Hall–Kier alpha value is -3.69. The number of esters is 3. The maximum atomic E-state index is 12.8. The molecule has 2 aromatic rings. The highest BCUT2D eigenvalue weighted by atomic mass is 32.2. The first-order chi connectivity index (χ1) is 17.1. The predicted octanol–water partition coefficient (Wildman–Crippen LogP) is 1.89. The van der Waals surface area contributed by atoms with Crippen molar-refractivity contribution in [3.05, 3.63) is 45.7 Å². The zero-order valence-electron chi connectivity index (χ0n) is 19.9. The van der Waals surface area contributed by atoms with Crippen molar-refractivity contribution in [1.29, 1.82) is 5.26 Å². The summed E-state index contributed by atoms with van der Waals surface area (Å²) in [5.41, 5.74) is 0.992. The van der Waals surface area contributed by atoms with Gasteiger partial charge in [-0.2, -0.15) is 10.2 Å².